The minimum absolute atomic E-state index is 0.0590. The van der Waals surface area contributed by atoms with Crippen molar-refractivity contribution in [2.45, 2.75) is 32.2 Å². The molecule has 3 unspecified atom stereocenters. The second kappa shape index (κ2) is 4.32. The Morgan fingerprint density at radius 1 is 1.42 bits per heavy atom. The van der Waals surface area contributed by atoms with Gasteiger partial charge >= 0.3 is 5.97 Å². The van der Waals surface area contributed by atoms with Crippen LogP contribution in [0.5, 0.6) is 0 Å². The maximum atomic E-state index is 12.3. The van der Waals surface area contributed by atoms with E-state index in [9.17, 15) is 14.7 Å². The van der Waals surface area contributed by atoms with Gasteiger partial charge in [0, 0.05) is 6.54 Å². The molecule has 0 aromatic carbocycles. The van der Waals surface area contributed by atoms with E-state index < -0.39 is 12.0 Å². The van der Waals surface area contributed by atoms with Crippen molar-refractivity contribution in [1.82, 2.24) is 20.1 Å². The largest absolute Gasteiger partial charge is 0.480 e. The van der Waals surface area contributed by atoms with Crippen LogP contribution in [-0.2, 0) is 4.79 Å². The van der Waals surface area contributed by atoms with Crippen molar-refractivity contribution < 1.29 is 14.7 Å². The van der Waals surface area contributed by atoms with Crippen LogP contribution in [0.3, 0.4) is 0 Å². The lowest BCUT2D eigenvalue weighted by Gasteiger charge is -2.23. The predicted molar refractivity (Wildman–Crippen MR) is 64.4 cm³/mol. The van der Waals surface area contributed by atoms with Crippen LogP contribution in [0, 0.1) is 18.8 Å². The molecule has 1 amide bonds. The van der Waals surface area contributed by atoms with Gasteiger partial charge in [-0.1, -0.05) is 6.42 Å². The monoisotopic (exact) mass is 264 g/mol. The molecule has 102 valence electrons. The minimum atomic E-state index is -0.921. The zero-order chi connectivity index (χ0) is 13.6. The van der Waals surface area contributed by atoms with Crippen molar-refractivity contribution >= 4 is 11.9 Å². The van der Waals surface area contributed by atoms with Gasteiger partial charge < -0.3 is 10.0 Å². The SMILES string of the molecule is Cc1nc(C(=O)N2CC3CCCC3C2C(=O)O)n[nH]1. The average molecular weight is 264 g/mol. The van der Waals surface area contributed by atoms with Crippen LogP contribution in [0.1, 0.15) is 35.7 Å². The highest BCUT2D eigenvalue weighted by Gasteiger charge is 2.50. The molecule has 1 aliphatic heterocycles. The summed E-state index contributed by atoms with van der Waals surface area (Å²) in [7, 11) is 0. The first-order valence-corrected chi connectivity index (χ1v) is 6.50. The van der Waals surface area contributed by atoms with E-state index in [2.05, 4.69) is 15.2 Å². The Labute approximate surface area is 110 Å². The molecule has 2 N–H and O–H groups in total. The van der Waals surface area contributed by atoms with E-state index in [1.807, 2.05) is 0 Å². The number of nitrogens with one attached hydrogen (secondary N) is 1. The first kappa shape index (κ1) is 12.1. The number of aryl methyl sites for hydroxylation is 1. The molecule has 2 fully saturated rings. The lowest BCUT2D eigenvalue weighted by atomic mass is 9.94. The fraction of sp³-hybridized carbons (Fsp3) is 0.667. The molecule has 7 heteroatoms. The highest BCUT2D eigenvalue weighted by atomic mass is 16.4. The van der Waals surface area contributed by atoms with E-state index in [1.54, 1.807) is 6.92 Å². The molecule has 3 rings (SSSR count). The fourth-order valence-corrected chi connectivity index (χ4v) is 3.40. The number of hydrogen-bond acceptors (Lipinski definition) is 4. The van der Waals surface area contributed by atoms with E-state index in [0.29, 0.717) is 18.3 Å². The Morgan fingerprint density at radius 2 is 2.21 bits per heavy atom. The number of fused-ring (bicyclic) bond motifs is 1. The molecule has 1 aromatic rings. The smallest absolute Gasteiger partial charge is 0.326 e. The third kappa shape index (κ3) is 1.89. The van der Waals surface area contributed by atoms with Gasteiger partial charge in [0.25, 0.3) is 5.91 Å². The topological polar surface area (TPSA) is 99.2 Å². The number of aromatic nitrogens is 3. The van der Waals surface area contributed by atoms with E-state index in [4.69, 9.17) is 0 Å². The summed E-state index contributed by atoms with van der Waals surface area (Å²) in [4.78, 5) is 29.2. The Morgan fingerprint density at radius 3 is 2.84 bits per heavy atom. The molecule has 1 aromatic heterocycles. The van der Waals surface area contributed by atoms with Gasteiger partial charge in [0.2, 0.25) is 5.82 Å². The number of carboxylic acid groups (broad SMARTS) is 1. The number of likely N-dealkylation sites (tertiary alicyclic amines) is 1. The van der Waals surface area contributed by atoms with Crippen molar-refractivity contribution in [1.29, 1.82) is 0 Å². The molecule has 2 aliphatic rings. The van der Waals surface area contributed by atoms with E-state index >= 15 is 0 Å². The van der Waals surface area contributed by atoms with Gasteiger partial charge in [-0.05, 0) is 31.6 Å². The molecule has 1 saturated heterocycles. The summed E-state index contributed by atoms with van der Waals surface area (Å²) in [5.41, 5.74) is 0. The van der Waals surface area contributed by atoms with Gasteiger partial charge in [0.15, 0.2) is 0 Å². The van der Waals surface area contributed by atoms with Crippen LogP contribution in [-0.4, -0.2) is 49.7 Å². The number of aromatic amines is 1. The van der Waals surface area contributed by atoms with Gasteiger partial charge in [-0.3, -0.25) is 9.89 Å². The number of carbonyl (C=O) groups excluding carboxylic acids is 1. The lowest BCUT2D eigenvalue weighted by molar-refractivity contribution is -0.142. The highest BCUT2D eigenvalue weighted by molar-refractivity contribution is 5.94. The maximum absolute atomic E-state index is 12.3. The number of H-pyrrole nitrogens is 1. The minimum Gasteiger partial charge on any atom is -0.480 e. The third-order valence-electron chi connectivity index (χ3n) is 4.19. The predicted octanol–water partition coefficient (Wildman–Crippen LogP) is 0.438. The summed E-state index contributed by atoms with van der Waals surface area (Å²) in [5, 5.41) is 15.8. The second-order valence-corrected chi connectivity index (χ2v) is 5.34. The average Bonchev–Trinajstić information content (AvgIpc) is 3.00. The second-order valence-electron chi connectivity index (χ2n) is 5.34. The normalized spacial score (nSPS) is 29.5. The number of hydrogen-bond donors (Lipinski definition) is 2. The Hall–Kier alpha value is -1.92. The number of rotatable bonds is 2. The summed E-state index contributed by atoms with van der Waals surface area (Å²) >= 11 is 0. The molecule has 2 heterocycles. The van der Waals surface area contributed by atoms with Crippen molar-refractivity contribution in [2.24, 2.45) is 11.8 Å². The molecule has 0 spiro atoms. The van der Waals surface area contributed by atoms with Crippen LogP contribution in [0.25, 0.3) is 0 Å². The number of carboxylic acids is 1. The van der Waals surface area contributed by atoms with Crippen LogP contribution < -0.4 is 0 Å². The van der Waals surface area contributed by atoms with E-state index in [0.717, 1.165) is 19.3 Å². The summed E-state index contributed by atoms with van der Waals surface area (Å²) in [6, 6.07) is -0.723. The molecule has 3 atom stereocenters. The van der Waals surface area contributed by atoms with Crippen LogP contribution >= 0.6 is 0 Å². The maximum Gasteiger partial charge on any atom is 0.326 e. The summed E-state index contributed by atoms with van der Waals surface area (Å²) in [6.07, 6.45) is 2.95. The molecule has 7 nitrogen and oxygen atoms in total. The number of amides is 1. The molecule has 0 radical (unpaired) electrons. The van der Waals surface area contributed by atoms with Gasteiger partial charge in [-0.25, -0.2) is 9.78 Å². The van der Waals surface area contributed by atoms with Crippen molar-refractivity contribution in [2.75, 3.05) is 6.54 Å². The Balaban J connectivity index is 1.87. The zero-order valence-corrected chi connectivity index (χ0v) is 10.7. The lowest BCUT2D eigenvalue weighted by Crippen LogP contribution is -2.43. The first-order chi connectivity index (χ1) is 9.08. The zero-order valence-electron chi connectivity index (χ0n) is 10.7. The van der Waals surface area contributed by atoms with Crippen molar-refractivity contribution in [3.8, 4) is 0 Å². The molecule has 1 aliphatic carbocycles. The summed E-state index contributed by atoms with van der Waals surface area (Å²) < 4.78 is 0. The molecule has 0 bridgehead atoms. The standard InChI is InChI=1S/C12H16N4O3/c1-6-13-10(15-14-6)11(17)16-5-7-3-2-4-8(7)9(16)12(18)19/h7-9H,2-5H2,1H3,(H,18,19)(H,13,14,15). The van der Waals surface area contributed by atoms with Crippen LogP contribution in [0.15, 0.2) is 0 Å². The van der Waals surface area contributed by atoms with Gasteiger partial charge in [0.1, 0.15) is 11.9 Å². The van der Waals surface area contributed by atoms with E-state index in [1.165, 1.54) is 4.90 Å². The number of aliphatic carboxylic acids is 1. The van der Waals surface area contributed by atoms with E-state index in [-0.39, 0.29) is 17.6 Å². The van der Waals surface area contributed by atoms with Crippen LogP contribution in [0.4, 0.5) is 0 Å². The molecule has 19 heavy (non-hydrogen) atoms. The van der Waals surface area contributed by atoms with Gasteiger partial charge in [-0.2, -0.15) is 0 Å². The van der Waals surface area contributed by atoms with Crippen LogP contribution in [0.2, 0.25) is 0 Å². The van der Waals surface area contributed by atoms with Crippen molar-refractivity contribution in [3.63, 3.8) is 0 Å². The summed E-state index contributed by atoms with van der Waals surface area (Å²) in [6.45, 7) is 2.21. The quantitative estimate of drug-likeness (QED) is 0.807. The first-order valence-electron chi connectivity index (χ1n) is 6.50. The Bertz CT molecular complexity index is 527. The molecular weight excluding hydrogens is 248 g/mol. The summed E-state index contributed by atoms with van der Waals surface area (Å²) in [5.74, 6) is -0.300. The highest BCUT2D eigenvalue weighted by Crippen LogP contribution is 2.42. The Kier molecular flexibility index (Phi) is 2.76. The fourth-order valence-electron chi connectivity index (χ4n) is 3.40. The number of carbonyl (C=O) groups is 2. The molecule has 1 saturated carbocycles. The van der Waals surface area contributed by atoms with Gasteiger partial charge in [0.05, 0.1) is 0 Å². The van der Waals surface area contributed by atoms with Gasteiger partial charge in [-0.15, -0.1) is 5.10 Å². The number of nitrogens with zero attached hydrogens (tertiary/aromatic N) is 3. The molecular formula is C12H16N4O3. The third-order valence-corrected chi connectivity index (χ3v) is 4.19. The van der Waals surface area contributed by atoms with Crippen molar-refractivity contribution in [3.05, 3.63) is 11.6 Å².